The standard InChI is InChI=1S/C9H12F9N3O6S3/c1-20-2-4-21(5-3-20)30(26,27)8(14,15)6(10,11)7(12,13)28(22,23)19-29(24,25)9(16,17)18/h19H,2-5H2,1H3. The van der Waals surface area contributed by atoms with Crippen molar-refractivity contribution in [2.75, 3.05) is 33.2 Å². The van der Waals surface area contributed by atoms with Crippen molar-refractivity contribution in [1.82, 2.24) is 13.3 Å². The maximum absolute atomic E-state index is 14.0. The molecule has 0 atom stereocenters. The molecular weight excluding hydrogens is 513 g/mol. The van der Waals surface area contributed by atoms with Gasteiger partial charge in [-0.1, -0.05) is 4.13 Å². The first-order valence-corrected chi connectivity index (χ1v) is 11.5. The molecule has 0 aliphatic carbocycles. The van der Waals surface area contributed by atoms with Crippen LogP contribution in [0.3, 0.4) is 0 Å². The van der Waals surface area contributed by atoms with E-state index in [1.807, 2.05) is 0 Å². The van der Waals surface area contributed by atoms with Gasteiger partial charge in [-0.25, -0.2) is 25.3 Å². The molecule has 1 rings (SSSR count). The van der Waals surface area contributed by atoms with E-state index < -0.39 is 69.2 Å². The van der Waals surface area contributed by atoms with Crippen LogP contribution in [0.15, 0.2) is 0 Å². The molecule has 0 amide bonds. The normalized spacial score (nSPS) is 19.8. The molecule has 21 heteroatoms. The topological polar surface area (TPSA) is 121 Å². The zero-order valence-electron chi connectivity index (χ0n) is 14.3. The Hall–Kier alpha value is -0.900. The molecule has 0 aromatic carbocycles. The van der Waals surface area contributed by atoms with Gasteiger partial charge in [0.2, 0.25) is 0 Å². The van der Waals surface area contributed by atoms with Gasteiger partial charge < -0.3 is 4.90 Å². The Morgan fingerprint density at radius 3 is 1.43 bits per heavy atom. The molecule has 1 fully saturated rings. The maximum Gasteiger partial charge on any atom is 0.512 e. The number of likely N-dealkylation sites (N-methyl/N-ethyl adjacent to an activating group) is 1. The number of alkyl halides is 9. The van der Waals surface area contributed by atoms with Crippen LogP contribution in [0.2, 0.25) is 0 Å². The van der Waals surface area contributed by atoms with E-state index in [1.54, 1.807) is 0 Å². The highest BCUT2D eigenvalue weighted by molar-refractivity contribution is 8.05. The third kappa shape index (κ3) is 4.23. The molecule has 0 saturated carbocycles. The zero-order chi connectivity index (χ0) is 24.2. The van der Waals surface area contributed by atoms with Gasteiger partial charge in [-0.3, -0.25) is 0 Å². The third-order valence-electron chi connectivity index (χ3n) is 3.72. The summed E-state index contributed by atoms with van der Waals surface area (Å²) in [4.78, 5) is 1.34. The second-order valence-corrected chi connectivity index (χ2v) is 11.5. The highest BCUT2D eigenvalue weighted by atomic mass is 32.3. The van der Waals surface area contributed by atoms with Crippen LogP contribution in [-0.4, -0.2) is 89.6 Å². The first-order valence-electron chi connectivity index (χ1n) is 7.12. The summed E-state index contributed by atoms with van der Waals surface area (Å²) in [5.41, 5.74) is -6.61. The lowest BCUT2D eigenvalue weighted by molar-refractivity contribution is -0.245. The highest BCUT2D eigenvalue weighted by Crippen LogP contribution is 2.51. The van der Waals surface area contributed by atoms with E-state index in [0.29, 0.717) is 0 Å². The molecule has 0 aromatic heterocycles. The van der Waals surface area contributed by atoms with Gasteiger partial charge in [0.25, 0.3) is 20.0 Å². The SMILES string of the molecule is CN1CCN(S(=O)(=O)C(F)(F)C(F)(F)C(F)(F)S(=O)(=O)NS(=O)(=O)C(F)(F)F)CC1. The predicted octanol–water partition coefficient (Wildman–Crippen LogP) is 0.154. The van der Waals surface area contributed by atoms with Gasteiger partial charge in [-0.15, -0.1) is 0 Å². The first kappa shape index (κ1) is 27.1. The number of hydrogen-bond acceptors (Lipinski definition) is 7. The number of sulfonamides is 3. The molecule has 0 aromatic rings. The van der Waals surface area contributed by atoms with Gasteiger partial charge in [0, 0.05) is 26.2 Å². The summed E-state index contributed by atoms with van der Waals surface area (Å²) in [5.74, 6) is -7.39. The molecule has 0 unspecified atom stereocenters. The van der Waals surface area contributed by atoms with E-state index in [2.05, 4.69) is 0 Å². The van der Waals surface area contributed by atoms with Crippen molar-refractivity contribution in [3.8, 4) is 0 Å². The van der Waals surface area contributed by atoms with E-state index in [0.717, 1.165) is 0 Å². The molecule has 180 valence electrons. The first-order chi connectivity index (χ1) is 13.0. The van der Waals surface area contributed by atoms with Gasteiger partial charge in [-0.2, -0.15) is 43.8 Å². The summed E-state index contributed by atoms with van der Waals surface area (Å²) >= 11 is 0. The van der Waals surface area contributed by atoms with E-state index >= 15 is 0 Å². The number of hydrogen-bond donors (Lipinski definition) is 1. The third-order valence-corrected chi connectivity index (χ3v) is 8.96. The zero-order valence-corrected chi connectivity index (χ0v) is 16.7. The van der Waals surface area contributed by atoms with Crippen LogP contribution in [0.5, 0.6) is 0 Å². The van der Waals surface area contributed by atoms with Crippen LogP contribution in [0.4, 0.5) is 39.5 Å². The van der Waals surface area contributed by atoms with Gasteiger partial charge in [-0.05, 0) is 7.05 Å². The summed E-state index contributed by atoms with van der Waals surface area (Å²) in [6.45, 7) is -2.38. The van der Waals surface area contributed by atoms with Crippen LogP contribution in [0.1, 0.15) is 0 Å². The molecular formula is C9H12F9N3O6S3. The average Bonchev–Trinajstić information content (AvgIpc) is 2.52. The van der Waals surface area contributed by atoms with Crippen molar-refractivity contribution in [3.05, 3.63) is 0 Å². The fourth-order valence-electron chi connectivity index (χ4n) is 1.93. The number of nitrogens with one attached hydrogen (secondary N) is 1. The van der Waals surface area contributed by atoms with Crippen molar-refractivity contribution in [1.29, 1.82) is 0 Å². The maximum atomic E-state index is 14.0. The Balaban J connectivity index is 3.45. The van der Waals surface area contributed by atoms with E-state index in [4.69, 9.17) is 0 Å². The van der Waals surface area contributed by atoms with E-state index in [-0.39, 0.29) is 17.4 Å². The Kier molecular flexibility index (Phi) is 6.88. The Morgan fingerprint density at radius 2 is 1.07 bits per heavy atom. The number of halogens is 9. The highest BCUT2D eigenvalue weighted by Gasteiger charge is 2.83. The minimum Gasteiger partial charge on any atom is -0.304 e. The number of piperazine rings is 1. The van der Waals surface area contributed by atoms with Gasteiger partial charge in [0.1, 0.15) is 0 Å². The lowest BCUT2D eigenvalue weighted by Crippen LogP contribution is -2.66. The molecule has 0 bridgehead atoms. The van der Waals surface area contributed by atoms with Crippen molar-refractivity contribution in [2.24, 2.45) is 0 Å². The van der Waals surface area contributed by atoms with Gasteiger partial charge in [0.05, 0.1) is 0 Å². The summed E-state index contributed by atoms with van der Waals surface area (Å²) in [6, 6.07) is 0. The molecule has 0 radical (unpaired) electrons. The minimum atomic E-state index is -7.75. The number of rotatable bonds is 7. The fraction of sp³-hybridized carbons (Fsp3) is 1.00. The Morgan fingerprint density at radius 1 is 0.667 bits per heavy atom. The van der Waals surface area contributed by atoms with E-state index in [1.165, 1.54) is 11.9 Å². The summed E-state index contributed by atoms with van der Waals surface area (Å²) in [5, 5.41) is -14.2. The van der Waals surface area contributed by atoms with Crippen LogP contribution in [0.25, 0.3) is 0 Å². The lowest BCUT2D eigenvalue weighted by atomic mass is 10.3. The fourth-order valence-corrected chi connectivity index (χ4v) is 5.84. The molecule has 9 nitrogen and oxygen atoms in total. The van der Waals surface area contributed by atoms with Crippen LogP contribution in [-0.2, 0) is 30.1 Å². The monoisotopic (exact) mass is 525 g/mol. The number of nitrogens with zero attached hydrogens (tertiary/aromatic N) is 2. The Bertz CT molecular complexity index is 969. The summed E-state index contributed by atoms with van der Waals surface area (Å²) in [6.07, 6.45) is 0. The van der Waals surface area contributed by atoms with Crippen molar-refractivity contribution in [3.63, 3.8) is 0 Å². The van der Waals surface area contributed by atoms with E-state index in [9.17, 15) is 64.8 Å². The predicted molar refractivity (Wildman–Crippen MR) is 79.9 cm³/mol. The minimum absolute atomic E-state index is 0.305. The Labute approximate surface area is 163 Å². The second kappa shape index (κ2) is 7.60. The molecule has 1 N–H and O–H groups in total. The average molecular weight is 525 g/mol. The van der Waals surface area contributed by atoms with Crippen LogP contribution < -0.4 is 4.13 Å². The largest absolute Gasteiger partial charge is 0.512 e. The van der Waals surface area contributed by atoms with Crippen molar-refractivity contribution in [2.45, 2.75) is 21.9 Å². The quantitative estimate of drug-likeness (QED) is 0.470. The summed E-state index contributed by atoms with van der Waals surface area (Å²) in [7, 11) is -20.3. The van der Waals surface area contributed by atoms with Crippen molar-refractivity contribution >= 4 is 30.1 Å². The molecule has 30 heavy (non-hydrogen) atoms. The van der Waals surface area contributed by atoms with Gasteiger partial charge in [0.15, 0.2) is 0 Å². The summed E-state index contributed by atoms with van der Waals surface area (Å²) < 4.78 is 186. The molecule has 1 saturated heterocycles. The van der Waals surface area contributed by atoms with Crippen LogP contribution >= 0.6 is 0 Å². The molecule has 0 spiro atoms. The second-order valence-electron chi connectivity index (χ2n) is 5.85. The molecule has 1 heterocycles. The lowest BCUT2D eigenvalue weighted by Gasteiger charge is -2.37. The van der Waals surface area contributed by atoms with Crippen LogP contribution in [0, 0.1) is 0 Å². The van der Waals surface area contributed by atoms with Crippen molar-refractivity contribution < 1.29 is 64.8 Å². The molecule has 1 aliphatic heterocycles. The smallest absolute Gasteiger partial charge is 0.304 e. The van der Waals surface area contributed by atoms with Gasteiger partial charge >= 0.3 is 32.0 Å². The molecule has 1 aliphatic rings.